The number of carbonyl (C=O) groups is 2. The van der Waals surface area contributed by atoms with Gasteiger partial charge in [0.2, 0.25) is 5.91 Å². The summed E-state index contributed by atoms with van der Waals surface area (Å²) in [6.07, 6.45) is 2.66. The summed E-state index contributed by atoms with van der Waals surface area (Å²) < 4.78 is 0. The second-order valence-corrected chi connectivity index (χ2v) is 8.06. The molecule has 2 aliphatic rings. The van der Waals surface area contributed by atoms with Crippen LogP contribution in [0.1, 0.15) is 24.8 Å². The summed E-state index contributed by atoms with van der Waals surface area (Å²) in [5.74, 6) is 0.736. The average Bonchev–Trinajstić information content (AvgIpc) is 3.13. The van der Waals surface area contributed by atoms with Gasteiger partial charge in [-0.1, -0.05) is 30.3 Å². The Balaban J connectivity index is 1.36. The zero-order chi connectivity index (χ0) is 19.2. The van der Waals surface area contributed by atoms with Gasteiger partial charge in [0.15, 0.2) is 0 Å². The Morgan fingerprint density at radius 3 is 2.44 bits per heavy atom. The van der Waals surface area contributed by atoms with Gasteiger partial charge in [-0.25, -0.2) is 4.79 Å². The quantitative estimate of drug-likeness (QED) is 0.860. The zero-order valence-corrected chi connectivity index (χ0v) is 16.6. The molecule has 0 aromatic heterocycles. The van der Waals surface area contributed by atoms with Crippen LogP contribution in [-0.4, -0.2) is 73.5 Å². The number of nitrogens with one attached hydrogen (secondary N) is 1. The molecule has 0 spiro atoms. The van der Waals surface area contributed by atoms with Crippen LogP contribution in [0, 0.1) is 11.8 Å². The Hall–Kier alpha value is -2.08. The third kappa shape index (κ3) is 5.45. The molecule has 27 heavy (non-hydrogen) atoms. The van der Waals surface area contributed by atoms with Crippen LogP contribution in [0.4, 0.5) is 4.79 Å². The highest BCUT2D eigenvalue weighted by atomic mass is 16.2. The van der Waals surface area contributed by atoms with Crippen molar-refractivity contribution in [3.05, 3.63) is 35.9 Å². The zero-order valence-electron chi connectivity index (χ0n) is 16.6. The van der Waals surface area contributed by atoms with Gasteiger partial charge in [-0.05, 0) is 37.3 Å². The highest BCUT2D eigenvalue weighted by Gasteiger charge is 2.29. The molecule has 6 nitrogen and oxygen atoms in total. The Kier molecular flexibility index (Phi) is 6.72. The molecule has 1 atom stereocenters. The average molecular weight is 373 g/mol. The number of hydrogen-bond acceptors (Lipinski definition) is 3. The van der Waals surface area contributed by atoms with E-state index in [-0.39, 0.29) is 17.9 Å². The van der Waals surface area contributed by atoms with Crippen molar-refractivity contribution in [1.82, 2.24) is 20.0 Å². The molecule has 2 saturated heterocycles. The summed E-state index contributed by atoms with van der Waals surface area (Å²) in [7, 11) is 3.54. The maximum Gasteiger partial charge on any atom is 0.319 e. The third-order valence-corrected chi connectivity index (χ3v) is 5.70. The minimum atomic E-state index is 0.0398. The number of carbonyl (C=O) groups excluding carboxylic acids is 2. The molecule has 2 aliphatic heterocycles. The second kappa shape index (κ2) is 9.22. The molecule has 3 rings (SSSR count). The van der Waals surface area contributed by atoms with Crippen LogP contribution in [0.3, 0.4) is 0 Å². The van der Waals surface area contributed by atoms with Crippen molar-refractivity contribution in [3.8, 4) is 0 Å². The molecule has 148 valence electrons. The molecular weight excluding hydrogens is 340 g/mol. The van der Waals surface area contributed by atoms with Gasteiger partial charge in [0.25, 0.3) is 0 Å². The van der Waals surface area contributed by atoms with E-state index >= 15 is 0 Å². The largest absolute Gasteiger partial charge is 0.356 e. The number of hydrogen-bond donors (Lipinski definition) is 1. The number of amides is 3. The van der Waals surface area contributed by atoms with Gasteiger partial charge in [-0.15, -0.1) is 0 Å². The Labute approximate surface area is 162 Å². The Morgan fingerprint density at radius 1 is 1.07 bits per heavy atom. The smallest absolute Gasteiger partial charge is 0.319 e. The molecule has 1 aromatic rings. The van der Waals surface area contributed by atoms with Gasteiger partial charge in [0.1, 0.15) is 0 Å². The molecule has 1 N–H and O–H groups in total. The number of nitrogens with zero attached hydrogens (tertiary/aromatic N) is 3. The van der Waals surface area contributed by atoms with Gasteiger partial charge >= 0.3 is 6.03 Å². The fourth-order valence-corrected chi connectivity index (χ4v) is 4.07. The third-order valence-electron chi connectivity index (χ3n) is 5.70. The van der Waals surface area contributed by atoms with E-state index in [9.17, 15) is 9.59 Å². The van der Waals surface area contributed by atoms with Crippen molar-refractivity contribution in [2.24, 2.45) is 11.8 Å². The molecule has 0 bridgehead atoms. The molecular formula is C21H32N4O2. The molecule has 0 radical (unpaired) electrons. The summed E-state index contributed by atoms with van der Waals surface area (Å²) in [6, 6.07) is 10.6. The molecule has 0 unspecified atom stereocenters. The monoisotopic (exact) mass is 372 g/mol. The van der Waals surface area contributed by atoms with Gasteiger partial charge < -0.3 is 15.1 Å². The van der Waals surface area contributed by atoms with Crippen LogP contribution in [-0.2, 0) is 11.3 Å². The molecule has 2 heterocycles. The molecule has 3 amide bonds. The van der Waals surface area contributed by atoms with Gasteiger partial charge in [-0.2, -0.15) is 0 Å². The Morgan fingerprint density at radius 2 is 1.78 bits per heavy atom. The first-order valence-corrected chi connectivity index (χ1v) is 10.0. The number of likely N-dealkylation sites (tertiary alicyclic amines) is 2. The molecule has 2 fully saturated rings. The minimum absolute atomic E-state index is 0.0398. The Bertz CT molecular complexity index is 626. The number of piperidine rings is 1. The number of urea groups is 1. The maximum atomic E-state index is 12.5. The van der Waals surface area contributed by atoms with Crippen molar-refractivity contribution in [1.29, 1.82) is 0 Å². The predicted molar refractivity (Wildman–Crippen MR) is 106 cm³/mol. The second-order valence-electron chi connectivity index (χ2n) is 8.06. The van der Waals surface area contributed by atoms with Crippen molar-refractivity contribution in [3.63, 3.8) is 0 Å². The predicted octanol–water partition coefficient (Wildman–Crippen LogP) is 2.02. The van der Waals surface area contributed by atoms with Crippen LogP contribution in [0.25, 0.3) is 0 Å². The van der Waals surface area contributed by atoms with Gasteiger partial charge in [0.05, 0.1) is 0 Å². The minimum Gasteiger partial charge on any atom is -0.356 e. The van der Waals surface area contributed by atoms with Crippen LogP contribution >= 0.6 is 0 Å². The van der Waals surface area contributed by atoms with Gasteiger partial charge in [0, 0.05) is 52.7 Å². The van der Waals surface area contributed by atoms with Crippen molar-refractivity contribution < 1.29 is 9.59 Å². The van der Waals surface area contributed by atoms with E-state index in [4.69, 9.17) is 0 Å². The van der Waals surface area contributed by atoms with Crippen LogP contribution in [0.5, 0.6) is 0 Å². The highest BCUT2D eigenvalue weighted by Crippen LogP contribution is 2.20. The van der Waals surface area contributed by atoms with E-state index in [0.717, 1.165) is 45.4 Å². The SMILES string of the molecule is CN(C)C(=O)N1CCC(C(=O)NC[C@H]2CCN(Cc3ccccc3)C2)CC1. The number of rotatable bonds is 5. The summed E-state index contributed by atoms with van der Waals surface area (Å²) in [6.45, 7) is 5.24. The summed E-state index contributed by atoms with van der Waals surface area (Å²) in [4.78, 5) is 30.4. The van der Waals surface area contributed by atoms with Crippen LogP contribution < -0.4 is 5.32 Å². The van der Waals surface area contributed by atoms with Crippen molar-refractivity contribution >= 4 is 11.9 Å². The summed E-state index contributed by atoms with van der Waals surface area (Å²) in [5, 5.41) is 3.17. The first-order chi connectivity index (χ1) is 13.0. The van der Waals surface area contributed by atoms with E-state index in [1.807, 2.05) is 11.0 Å². The maximum absolute atomic E-state index is 12.5. The van der Waals surface area contributed by atoms with E-state index in [1.165, 1.54) is 5.56 Å². The standard InChI is InChI=1S/C21H32N4O2/c1-23(2)21(27)25-12-9-19(10-13-25)20(26)22-14-18-8-11-24(16-18)15-17-6-4-3-5-7-17/h3-7,18-19H,8-16H2,1-2H3,(H,22,26)/t18-/m1/s1. The highest BCUT2D eigenvalue weighted by molar-refractivity contribution is 5.79. The van der Waals surface area contributed by atoms with Crippen molar-refractivity contribution in [2.45, 2.75) is 25.8 Å². The van der Waals surface area contributed by atoms with Crippen LogP contribution in [0.2, 0.25) is 0 Å². The molecule has 1 aromatic carbocycles. The van der Waals surface area contributed by atoms with E-state index in [2.05, 4.69) is 34.5 Å². The van der Waals surface area contributed by atoms with Crippen molar-refractivity contribution in [2.75, 3.05) is 46.8 Å². The lowest BCUT2D eigenvalue weighted by atomic mass is 9.95. The van der Waals surface area contributed by atoms with Crippen LogP contribution in [0.15, 0.2) is 30.3 Å². The summed E-state index contributed by atoms with van der Waals surface area (Å²) >= 11 is 0. The molecule has 0 saturated carbocycles. The fourth-order valence-electron chi connectivity index (χ4n) is 4.07. The lowest BCUT2D eigenvalue weighted by Gasteiger charge is -2.33. The first kappa shape index (κ1) is 19.7. The number of benzene rings is 1. The topological polar surface area (TPSA) is 55.9 Å². The first-order valence-electron chi connectivity index (χ1n) is 10.0. The fraction of sp³-hybridized carbons (Fsp3) is 0.619. The van der Waals surface area contributed by atoms with E-state index < -0.39 is 0 Å². The normalized spacial score (nSPS) is 21.3. The van der Waals surface area contributed by atoms with Gasteiger partial charge in [-0.3, -0.25) is 9.69 Å². The lowest BCUT2D eigenvalue weighted by molar-refractivity contribution is -0.126. The molecule has 0 aliphatic carbocycles. The summed E-state index contributed by atoms with van der Waals surface area (Å²) in [5.41, 5.74) is 1.35. The lowest BCUT2D eigenvalue weighted by Crippen LogP contribution is -2.46. The van der Waals surface area contributed by atoms with E-state index in [0.29, 0.717) is 19.0 Å². The molecule has 6 heteroatoms. The van der Waals surface area contributed by atoms with E-state index in [1.54, 1.807) is 19.0 Å².